The van der Waals surface area contributed by atoms with Crippen LogP contribution in [0.25, 0.3) is 0 Å². The number of hydrogen-bond donors (Lipinski definition) is 1. The molecule has 3 rings (SSSR count). The Morgan fingerprint density at radius 2 is 1.81 bits per heavy atom. The maximum absolute atomic E-state index is 12.3. The Bertz CT molecular complexity index is 966. The van der Waals surface area contributed by atoms with Crippen LogP contribution in [0.3, 0.4) is 0 Å². The van der Waals surface area contributed by atoms with Gasteiger partial charge in [0.2, 0.25) is 10.0 Å². The van der Waals surface area contributed by atoms with Gasteiger partial charge in [-0.05, 0) is 61.7 Å². The van der Waals surface area contributed by atoms with Crippen molar-refractivity contribution >= 4 is 21.8 Å². The molecule has 0 spiro atoms. The number of ketones is 1. The Labute approximate surface area is 152 Å². The van der Waals surface area contributed by atoms with Crippen LogP contribution in [0.4, 0.5) is 0 Å². The SMILES string of the molecule is CNS(=O)(=O)c1cccc(C(=O)OCC(=O)c2ccc3c(c2)CCC3)c1. The van der Waals surface area contributed by atoms with Crippen LogP contribution >= 0.6 is 0 Å². The van der Waals surface area contributed by atoms with Gasteiger partial charge < -0.3 is 4.74 Å². The molecule has 0 unspecified atom stereocenters. The lowest BCUT2D eigenvalue weighted by molar-refractivity contribution is 0.0474. The number of carbonyl (C=O) groups excluding carboxylic acids is 2. The Balaban J connectivity index is 1.67. The standard InChI is InChI=1S/C19H19NO5S/c1-20-26(23,24)17-7-3-6-16(11-17)19(22)25-12-18(21)15-9-8-13-4-2-5-14(13)10-15/h3,6-11,20H,2,4-5,12H2,1H3. The van der Waals surface area contributed by atoms with E-state index in [1.807, 2.05) is 12.1 Å². The first-order valence-corrected chi connectivity index (χ1v) is 9.75. The van der Waals surface area contributed by atoms with E-state index < -0.39 is 16.0 Å². The molecule has 26 heavy (non-hydrogen) atoms. The topological polar surface area (TPSA) is 89.5 Å². The average Bonchev–Trinajstić information content (AvgIpc) is 3.13. The summed E-state index contributed by atoms with van der Waals surface area (Å²) in [6.07, 6.45) is 3.08. The highest BCUT2D eigenvalue weighted by atomic mass is 32.2. The zero-order valence-electron chi connectivity index (χ0n) is 14.3. The minimum atomic E-state index is -3.66. The summed E-state index contributed by atoms with van der Waals surface area (Å²) in [4.78, 5) is 24.4. The third kappa shape index (κ3) is 3.84. The number of nitrogens with one attached hydrogen (secondary N) is 1. The van der Waals surface area contributed by atoms with Gasteiger partial charge in [-0.15, -0.1) is 0 Å². The van der Waals surface area contributed by atoms with Gasteiger partial charge in [0.25, 0.3) is 0 Å². The van der Waals surface area contributed by atoms with E-state index in [1.54, 1.807) is 6.07 Å². The largest absolute Gasteiger partial charge is 0.454 e. The molecule has 0 aromatic heterocycles. The quantitative estimate of drug-likeness (QED) is 0.619. The molecule has 7 heteroatoms. The molecule has 2 aromatic rings. The summed E-state index contributed by atoms with van der Waals surface area (Å²) in [5.41, 5.74) is 3.03. The van der Waals surface area contributed by atoms with E-state index in [4.69, 9.17) is 4.74 Å². The number of aryl methyl sites for hydroxylation is 2. The van der Waals surface area contributed by atoms with Gasteiger partial charge in [0, 0.05) is 5.56 Å². The number of fused-ring (bicyclic) bond motifs is 1. The second kappa shape index (κ2) is 7.39. The fourth-order valence-corrected chi connectivity index (χ4v) is 3.73. The number of esters is 1. The zero-order valence-corrected chi connectivity index (χ0v) is 15.1. The highest BCUT2D eigenvalue weighted by Crippen LogP contribution is 2.23. The molecule has 0 amide bonds. The molecule has 6 nitrogen and oxygen atoms in total. The molecule has 0 radical (unpaired) electrons. The first-order valence-electron chi connectivity index (χ1n) is 8.26. The van der Waals surface area contributed by atoms with Crippen molar-refractivity contribution < 1.29 is 22.7 Å². The number of hydrogen-bond acceptors (Lipinski definition) is 5. The van der Waals surface area contributed by atoms with Gasteiger partial charge in [0.15, 0.2) is 12.4 Å². The lowest BCUT2D eigenvalue weighted by Crippen LogP contribution is -2.19. The van der Waals surface area contributed by atoms with E-state index in [0.717, 1.165) is 19.3 Å². The lowest BCUT2D eigenvalue weighted by Gasteiger charge is -2.07. The number of sulfonamides is 1. The predicted molar refractivity (Wildman–Crippen MR) is 95.8 cm³/mol. The molecule has 0 fully saturated rings. The highest BCUT2D eigenvalue weighted by Gasteiger charge is 2.18. The number of rotatable bonds is 6. The van der Waals surface area contributed by atoms with Crippen LogP contribution in [0.2, 0.25) is 0 Å². The van der Waals surface area contributed by atoms with Gasteiger partial charge >= 0.3 is 5.97 Å². The van der Waals surface area contributed by atoms with Gasteiger partial charge in [-0.1, -0.05) is 18.2 Å². The molecule has 1 aliphatic rings. The highest BCUT2D eigenvalue weighted by molar-refractivity contribution is 7.89. The maximum atomic E-state index is 12.3. The third-order valence-electron chi connectivity index (χ3n) is 4.40. The monoisotopic (exact) mass is 373 g/mol. The fraction of sp³-hybridized carbons (Fsp3) is 0.263. The molecule has 0 saturated heterocycles. The van der Waals surface area contributed by atoms with Crippen molar-refractivity contribution in [2.45, 2.75) is 24.2 Å². The van der Waals surface area contributed by atoms with Crippen molar-refractivity contribution in [3.63, 3.8) is 0 Å². The minimum absolute atomic E-state index is 0.0422. The molecule has 0 bridgehead atoms. The normalized spacial score (nSPS) is 13.3. The summed E-state index contributed by atoms with van der Waals surface area (Å²) in [5, 5.41) is 0. The van der Waals surface area contributed by atoms with Crippen molar-refractivity contribution in [1.82, 2.24) is 4.72 Å². The molecule has 0 saturated carbocycles. The molecule has 1 aliphatic carbocycles. The van der Waals surface area contributed by atoms with Crippen molar-refractivity contribution in [2.75, 3.05) is 13.7 Å². The molecular formula is C19H19NO5S. The van der Waals surface area contributed by atoms with E-state index in [-0.39, 0.29) is 22.8 Å². The molecule has 0 atom stereocenters. The first kappa shape index (κ1) is 18.3. The van der Waals surface area contributed by atoms with Crippen molar-refractivity contribution in [1.29, 1.82) is 0 Å². The summed E-state index contributed by atoms with van der Waals surface area (Å²) >= 11 is 0. The van der Waals surface area contributed by atoms with Crippen LogP contribution in [0.1, 0.15) is 38.3 Å². The van der Waals surface area contributed by atoms with E-state index >= 15 is 0 Å². The molecular weight excluding hydrogens is 354 g/mol. The number of carbonyl (C=O) groups is 2. The summed E-state index contributed by atoms with van der Waals surface area (Å²) in [7, 11) is -2.37. The number of benzene rings is 2. The lowest BCUT2D eigenvalue weighted by atomic mass is 10.0. The third-order valence-corrected chi connectivity index (χ3v) is 5.82. The second-order valence-electron chi connectivity index (χ2n) is 6.07. The Hall–Kier alpha value is -2.51. The molecule has 136 valence electrons. The van der Waals surface area contributed by atoms with Crippen LogP contribution in [0.5, 0.6) is 0 Å². The molecule has 2 aromatic carbocycles. The van der Waals surface area contributed by atoms with Crippen molar-refractivity contribution in [3.8, 4) is 0 Å². The second-order valence-corrected chi connectivity index (χ2v) is 7.96. The summed E-state index contributed by atoms with van der Waals surface area (Å²) in [6, 6.07) is 11.0. The van der Waals surface area contributed by atoms with Gasteiger partial charge in [0.05, 0.1) is 10.5 Å². The van der Waals surface area contributed by atoms with E-state index in [2.05, 4.69) is 4.72 Å². The van der Waals surface area contributed by atoms with Gasteiger partial charge in [-0.3, -0.25) is 4.79 Å². The van der Waals surface area contributed by atoms with Gasteiger partial charge in [-0.25, -0.2) is 17.9 Å². The van der Waals surface area contributed by atoms with Crippen LogP contribution in [-0.4, -0.2) is 33.8 Å². The molecule has 1 N–H and O–H groups in total. The van der Waals surface area contributed by atoms with Crippen molar-refractivity contribution in [2.24, 2.45) is 0 Å². The summed E-state index contributed by atoms with van der Waals surface area (Å²) in [6.45, 7) is -0.388. The maximum Gasteiger partial charge on any atom is 0.338 e. The molecule has 0 aliphatic heterocycles. The smallest absolute Gasteiger partial charge is 0.338 e. The minimum Gasteiger partial charge on any atom is -0.454 e. The van der Waals surface area contributed by atoms with E-state index in [0.29, 0.717) is 5.56 Å². The van der Waals surface area contributed by atoms with E-state index in [1.165, 1.54) is 42.4 Å². The number of Topliss-reactive ketones (excluding diaryl/α,β-unsaturated/α-hetero) is 1. The van der Waals surface area contributed by atoms with Crippen LogP contribution in [0.15, 0.2) is 47.4 Å². The predicted octanol–water partition coefficient (Wildman–Crippen LogP) is 2.12. The Kier molecular flexibility index (Phi) is 5.20. The first-order chi connectivity index (χ1) is 12.4. The Morgan fingerprint density at radius 1 is 1.04 bits per heavy atom. The van der Waals surface area contributed by atoms with Gasteiger partial charge in [0.1, 0.15) is 0 Å². The zero-order chi connectivity index (χ0) is 18.7. The van der Waals surface area contributed by atoms with Crippen LogP contribution in [-0.2, 0) is 27.6 Å². The Morgan fingerprint density at radius 3 is 2.58 bits per heavy atom. The van der Waals surface area contributed by atoms with Gasteiger partial charge in [-0.2, -0.15) is 0 Å². The average molecular weight is 373 g/mol. The fourth-order valence-electron chi connectivity index (χ4n) is 2.95. The van der Waals surface area contributed by atoms with Crippen LogP contribution in [0, 0.1) is 0 Å². The molecule has 0 heterocycles. The van der Waals surface area contributed by atoms with E-state index in [9.17, 15) is 18.0 Å². The van der Waals surface area contributed by atoms with Crippen molar-refractivity contribution in [3.05, 3.63) is 64.7 Å². The summed E-state index contributed by atoms with van der Waals surface area (Å²) in [5.74, 6) is -1.03. The van der Waals surface area contributed by atoms with Crippen LogP contribution < -0.4 is 4.72 Å². The number of ether oxygens (including phenoxy) is 1. The summed E-state index contributed by atoms with van der Waals surface area (Å²) < 4.78 is 30.8.